The average molecular weight is 624 g/mol. The second-order valence-corrected chi connectivity index (χ2v) is 10.1. The molecule has 3 rings (SSSR count). The van der Waals surface area contributed by atoms with Gasteiger partial charge in [0.1, 0.15) is 11.6 Å². The molecule has 0 saturated heterocycles. The van der Waals surface area contributed by atoms with Crippen molar-refractivity contribution in [2.45, 2.75) is 44.4 Å². The van der Waals surface area contributed by atoms with E-state index in [9.17, 15) is 40.7 Å². The zero-order chi connectivity index (χ0) is 31.1. The molecular weight excluding hydrogens is 596 g/mol. The van der Waals surface area contributed by atoms with Crippen LogP contribution in [0.25, 0.3) is 10.2 Å². The van der Waals surface area contributed by atoms with E-state index in [2.05, 4.69) is 20.4 Å². The molecule has 0 amide bonds. The highest BCUT2D eigenvalue weighted by atomic mass is 32.1. The van der Waals surface area contributed by atoms with Gasteiger partial charge >= 0.3 is 29.2 Å². The molecule has 0 fully saturated rings. The Morgan fingerprint density at radius 2 is 1.71 bits per heavy atom. The summed E-state index contributed by atoms with van der Waals surface area (Å²) in [5.41, 5.74) is 1.46. The van der Waals surface area contributed by atoms with E-state index in [0.717, 1.165) is 23.3 Å². The Kier molecular flexibility index (Phi) is 11.1. The van der Waals surface area contributed by atoms with E-state index in [-0.39, 0.29) is 34.9 Å². The number of carbonyl (C=O) groups is 2. The summed E-state index contributed by atoms with van der Waals surface area (Å²) in [5, 5.41) is 6.23. The number of rotatable bonds is 13. The average Bonchev–Trinajstić information content (AvgIpc) is 3.30. The lowest BCUT2D eigenvalue weighted by Gasteiger charge is -2.21. The maximum absolute atomic E-state index is 13.0. The van der Waals surface area contributed by atoms with Gasteiger partial charge in [-0.1, -0.05) is 35.6 Å². The van der Waals surface area contributed by atoms with Crippen molar-refractivity contribution in [1.29, 1.82) is 0 Å². The number of fused-ring (bicyclic) bond motifs is 1. The Balaban J connectivity index is 1.77. The lowest BCUT2D eigenvalue weighted by molar-refractivity contribution is -0.205. The molecule has 1 aromatic heterocycles. The number of H-pyrrole nitrogens is 1. The lowest BCUT2D eigenvalue weighted by atomic mass is 10.1. The van der Waals surface area contributed by atoms with Crippen LogP contribution >= 0.6 is 11.3 Å². The first-order valence-corrected chi connectivity index (χ1v) is 13.2. The van der Waals surface area contributed by atoms with Crippen molar-refractivity contribution < 1.29 is 50.1 Å². The minimum atomic E-state index is -5.34. The molecule has 0 aliphatic rings. The van der Waals surface area contributed by atoms with Gasteiger partial charge in [0, 0.05) is 31.8 Å². The minimum Gasteiger partial charge on any atom is -0.449 e. The number of methoxy groups -OCH3 is 1. The normalized spacial score (nSPS) is 13.6. The number of thiazole rings is 1. The SMILES string of the molecule is COC[C@@H](C)NCc1cccc(CCNC[C@H](OC(=O)C(F)(F)F)c2ccc(OC(=O)C(F)(F)F)c3[nH]c(=O)sc23)c1. The number of aromatic amines is 1. The van der Waals surface area contributed by atoms with Gasteiger partial charge < -0.3 is 29.8 Å². The molecule has 16 heteroatoms. The van der Waals surface area contributed by atoms with Crippen LogP contribution in [0.1, 0.15) is 29.7 Å². The van der Waals surface area contributed by atoms with E-state index >= 15 is 0 Å². The van der Waals surface area contributed by atoms with Crippen molar-refractivity contribution in [3.05, 3.63) is 62.8 Å². The molecule has 2 atom stereocenters. The van der Waals surface area contributed by atoms with Gasteiger partial charge in [-0.25, -0.2) is 9.59 Å². The molecule has 0 saturated carbocycles. The Morgan fingerprint density at radius 1 is 1.02 bits per heavy atom. The highest BCUT2D eigenvalue weighted by Gasteiger charge is 2.43. The Hall–Kier alpha value is -3.47. The number of halogens is 6. The number of hydrogen-bond acceptors (Lipinski definition) is 9. The van der Waals surface area contributed by atoms with Gasteiger partial charge in [-0.2, -0.15) is 26.3 Å². The maximum Gasteiger partial charge on any atom is 0.491 e. The highest BCUT2D eigenvalue weighted by Crippen LogP contribution is 2.35. The van der Waals surface area contributed by atoms with E-state index < -0.39 is 41.0 Å². The first-order valence-electron chi connectivity index (χ1n) is 12.4. The quantitative estimate of drug-likeness (QED) is 0.113. The van der Waals surface area contributed by atoms with E-state index in [1.54, 1.807) is 7.11 Å². The lowest BCUT2D eigenvalue weighted by Crippen LogP contribution is -2.32. The molecule has 9 nitrogen and oxygen atoms in total. The summed E-state index contributed by atoms with van der Waals surface area (Å²) < 4.78 is 91.2. The van der Waals surface area contributed by atoms with Gasteiger partial charge in [0.15, 0.2) is 5.75 Å². The Morgan fingerprint density at radius 3 is 2.38 bits per heavy atom. The summed E-state index contributed by atoms with van der Waals surface area (Å²) in [4.78, 5) is 36.5. The number of benzene rings is 2. The number of alkyl halides is 6. The van der Waals surface area contributed by atoms with Crippen LogP contribution in [-0.2, 0) is 32.0 Å². The molecule has 3 N–H and O–H groups in total. The van der Waals surface area contributed by atoms with E-state index in [1.165, 1.54) is 0 Å². The molecule has 0 unspecified atom stereocenters. The standard InChI is InChI=1S/C26H27F6N3O6S/c1-14(13-39-2)34-11-16-5-3-4-15(10-16)8-9-33-12-19(41-23(37)26(30,31)32)17-6-7-18(40-22(36)25(27,28)29)20-21(17)42-24(38)35-20/h3-7,10,14,19,33-34H,8-9,11-13H2,1-2H3,(H,35,38)/t14-,19+/m1/s1. The molecule has 0 aliphatic heterocycles. The van der Waals surface area contributed by atoms with Crippen LogP contribution in [0.15, 0.2) is 41.2 Å². The van der Waals surface area contributed by atoms with Crippen LogP contribution in [0.3, 0.4) is 0 Å². The third-order valence-electron chi connectivity index (χ3n) is 5.82. The number of esters is 2. The smallest absolute Gasteiger partial charge is 0.449 e. The maximum atomic E-state index is 13.0. The molecule has 42 heavy (non-hydrogen) atoms. The third kappa shape index (κ3) is 9.27. The van der Waals surface area contributed by atoms with E-state index in [4.69, 9.17) is 9.47 Å². The third-order valence-corrected chi connectivity index (χ3v) is 6.75. The largest absolute Gasteiger partial charge is 0.491 e. The molecule has 0 bridgehead atoms. The van der Waals surface area contributed by atoms with Gasteiger partial charge in [-0.05, 0) is 43.1 Å². The van der Waals surface area contributed by atoms with Crippen molar-refractivity contribution in [1.82, 2.24) is 15.6 Å². The van der Waals surface area contributed by atoms with Crippen LogP contribution in [0.2, 0.25) is 0 Å². The van der Waals surface area contributed by atoms with Gasteiger partial charge in [-0.3, -0.25) is 4.79 Å². The topological polar surface area (TPSA) is 119 Å². The number of carbonyl (C=O) groups excluding carboxylic acids is 2. The fourth-order valence-corrected chi connectivity index (χ4v) is 4.81. The van der Waals surface area contributed by atoms with Crippen LogP contribution in [-0.4, -0.2) is 62.1 Å². The molecule has 230 valence electrons. The van der Waals surface area contributed by atoms with Crippen molar-refractivity contribution in [3.63, 3.8) is 0 Å². The molecule has 3 aromatic rings. The first kappa shape index (κ1) is 33.0. The fourth-order valence-electron chi connectivity index (χ4n) is 3.90. The Bertz CT molecular complexity index is 1440. The number of nitrogens with one attached hydrogen (secondary N) is 3. The molecular formula is C26H27F6N3O6S. The zero-order valence-corrected chi connectivity index (χ0v) is 23.1. The zero-order valence-electron chi connectivity index (χ0n) is 22.3. The monoisotopic (exact) mass is 623 g/mol. The Labute approximate surface area is 239 Å². The van der Waals surface area contributed by atoms with Crippen LogP contribution < -0.4 is 20.2 Å². The summed E-state index contributed by atoms with van der Waals surface area (Å²) >= 11 is 0.440. The summed E-state index contributed by atoms with van der Waals surface area (Å²) in [7, 11) is 1.60. The molecule has 0 spiro atoms. The van der Waals surface area contributed by atoms with Gasteiger partial charge in [0.2, 0.25) is 0 Å². The number of ether oxygens (including phenoxy) is 3. The van der Waals surface area contributed by atoms with Gasteiger partial charge in [-0.15, -0.1) is 0 Å². The van der Waals surface area contributed by atoms with Crippen molar-refractivity contribution in [2.24, 2.45) is 0 Å². The van der Waals surface area contributed by atoms with Crippen LogP contribution in [0.5, 0.6) is 5.75 Å². The van der Waals surface area contributed by atoms with Crippen LogP contribution in [0, 0.1) is 0 Å². The van der Waals surface area contributed by atoms with E-state index in [0.29, 0.717) is 30.9 Å². The highest BCUT2D eigenvalue weighted by molar-refractivity contribution is 7.16. The predicted molar refractivity (Wildman–Crippen MR) is 140 cm³/mol. The summed E-state index contributed by atoms with van der Waals surface area (Å²) in [6, 6.07) is 9.64. The van der Waals surface area contributed by atoms with Gasteiger partial charge in [0.05, 0.1) is 11.3 Å². The number of hydrogen-bond donors (Lipinski definition) is 3. The second kappa shape index (κ2) is 14.1. The van der Waals surface area contributed by atoms with Crippen molar-refractivity contribution in [3.8, 4) is 5.75 Å². The first-order chi connectivity index (χ1) is 19.7. The summed E-state index contributed by atoms with van der Waals surface area (Å²) in [6.07, 6.45) is -11.8. The van der Waals surface area contributed by atoms with Crippen LogP contribution in [0.4, 0.5) is 26.3 Å². The van der Waals surface area contributed by atoms with Gasteiger partial charge in [0.25, 0.3) is 0 Å². The molecule has 0 aliphatic carbocycles. The van der Waals surface area contributed by atoms with Crippen molar-refractivity contribution in [2.75, 3.05) is 26.8 Å². The molecule has 0 radical (unpaired) electrons. The molecule has 2 aromatic carbocycles. The predicted octanol–water partition coefficient (Wildman–Crippen LogP) is 4.16. The summed E-state index contributed by atoms with van der Waals surface area (Å²) in [5.74, 6) is -5.73. The van der Waals surface area contributed by atoms with Crippen molar-refractivity contribution >= 4 is 33.5 Å². The number of aromatic nitrogens is 1. The molecule has 1 heterocycles. The second-order valence-electron chi connectivity index (χ2n) is 9.16. The van der Waals surface area contributed by atoms with E-state index in [1.807, 2.05) is 31.2 Å². The summed E-state index contributed by atoms with van der Waals surface area (Å²) in [6.45, 7) is 3.02. The fraction of sp³-hybridized carbons (Fsp3) is 0.423. The minimum absolute atomic E-state index is 0.108.